The van der Waals surface area contributed by atoms with E-state index in [9.17, 15) is 4.79 Å². The van der Waals surface area contributed by atoms with Crippen molar-refractivity contribution in [3.63, 3.8) is 0 Å². The average molecular weight is 374 g/mol. The first kappa shape index (κ1) is 17.7. The molecule has 140 valence electrons. The van der Waals surface area contributed by atoms with E-state index in [-0.39, 0.29) is 11.9 Å². The molecule has 1 N–H and O–H groups in total. The summed E-state index contributed by atoms with van der Waals surface area (Å²) in [5, 5.41) is 4.14. The van der Waals surface area contributed by atoms with Crippen LogP contribution in [-0.4, -0.2) is 48.1 Å². The number of thiophene rings is 1. The molecule has 1 aliphatic carbocycles. The number of nitrogens with one attached hydrogen (secondary N) is 1. The van der Waals surface area contributed by atoms with Gasteiger partial charge in [-0.25, -0.2) is 4.98 Å². The van der Waals surface area contributed by atoms with Crippen molar-refractivity contribution in [1.82, 2.24) is 15.2 Å². The van der Waals surface area contributed by atoms with Crippen molar-refractivity contribution >= 4 is 27.5 Å². The Hall–Kier alpha value is -1.66. The van der Waals surface area contributed by atoms with E-state index in [1.165, 1.54) is 37.0 Å². The van der Waals surface area contributed by atoms with Crippen LogP contribution >= 0.6 is 11.3 Å². The molecular formula is C20H27N3O2S. The minimum absolute atomic E-state index is 0.0735. The third-order valence-electron chi connectivity index (χ3n) is 5.73. The molecule has 2 fully saturated rings. The van der Waals surface area contributed by atoms with Crippen molar-refractivity contribution in [3.05, 3.63) is 22.7 Å². The first-order chi connectivity index (χ1) is 12.7. The Bertz CT molecular complexity index is 798. The van der Waals surface area contributed by atoms with Gasteiger partial charge in [0.15, 0.2) is 0 Å². The Morgan fingerprint density at radius 2 is 2.12 bits per heavy atom. The molecule has 1 saturated carbocycles. The second kappa shape index (κ2) is 7.53. The third-order valence-corrected chi connectivity index (χ3v) is 6.69. The predicted molar refractivity (Wildman–Crippen MR) is 105 cm³/mol. The Morgan fingerprint density at radius 1 is 1.31 bits per heavy atom. The van der Waals surface area contributed by atoms with E-state index >= 15 is 0 Å². The number of aryl methyl sites for hydroxylation is 1. The molecule has 1 atom stereocenters. The highest BCUT2D eigenvalue weighted by Gasteiger charge is 2.30. The fourth-order valence-corrected chi connectivity index (χ4v) is 5.26. The summed E-state index contributed by atoms with van der Waals surface area (Å²) in [4.78, 5) is 22.0. The number of likely N-dealkylation sites (tertiary alicyclic amines) is 1. The van der Waals surface area contributed by atoms with Crippen molar-refractivity contribution in [2.45, 2.75) is 57.5 Å². The van der Waals surface area contributed by atoms with Crippen LogP contribution in [0, 0.1) is 6.92 Å². The number of rotatable bonds is 4. The van der Waals surface area contributed by atoms with E-state index in [0.717, 1.165) is 29.7 Å². The smallest absolute Gasteiger partial charge is 0.256 e. The lowest BCUT2D eigenvalue weighted by Gasteiger charge is -2.31. The molecule has 1 saturated heterocycles. The Morgan fingerprint density at radius 3 is 2.88 bits per heavy atom. The first-order valence-corrected chi connectivity index (χ1v) is 10.5. The van der Waals surface area contributed by atoms with Crippen molar-refractivity contribution in [2.75, 3.05) is 20.2 Å². The van der Waals surface area contributed by atoms with Crippen LogP contribution in [0.2, 0.25) is 0 Å². The number of hydrogen-bond donors (Lipinski definition) is 1. The fraction of sp³-hybridized carbons (Fsp3) is 0.600. The summed E-state index contributed by atoms with van der Waals surface area (Å²) in [7, 11) is 1.62. The molecule has 2 aromatic heterocycles. The summed E-state index contributed by atoms with van der Waals surface area (Å²) in [5.41, 5.74) is 0.536. The number of fused-ring (bicyclic) bond motifs is 1. The standard InChI is InChI=1S/C20H27N3O2S/c1-13-10-16-18(25-2)17(11-21-20(16)26-13)19(24)22-14-8-9-23(12-14)15-6-4-3-5-7-15/h10-11,14-15H,3-9,12H2,1-2H3,(H,22,24). The van der Waals surface area contributed by atoms with Gasteiger partial charge in [0.1, 0.15) is 16.1 Å². The van der Waals surface area contributed by atoms with E-state index in [1.54, 1.807) is 24.6 Å². The number of carbonyl (C=O) groups excluding carboxylic acids is 1. The molecule has 0 bridgehead atoms. The molecule has 6 heteroatoms. The van der Waals surface area contributed by atoms with Gasteiger partial charge in [0.2, 0.25) is 0 Å². The van der Waals surface area contributed by atoms with E-state index in [2.05, 4.69) is 15.2 Å². The van der Waals surface area contributed by atoms with Gasteiger partial charge in [-0.1, -0.05) is 19.3 Å². The Labute approximate surface area is 158 Å². The number of pyridine rings is 1. The maximum absolute atomic E-state index is 12.9. The monoisotopic (exact) mass is 373 g/mol. The van der Waals surface area contributed by atoms with Crippen molar-refractivity contribution in [1.29, 1.82) is 0 Å². The maximum Gasteiger partial charge on any atom is 0.256 e. The number of carbonyl (C=O) groups is 1. The number of amides is 1. The summed E-state index contributed by atoms with van der Waals surface area (Å²) < 4.78 is 5.57. The van der Waals surface area contributed by atoms with E-state index < -0.39 is 0 Å². The van der Waals surface area contributed by atoms with Crippen LogP contribution in [0.1, 0.15) is 53.8 Å². The van der Waals surface area contributed by atoms with Crippen LogP contribution in [0.4, 0.5) is 0 Å². The molecule has 1 unspecified atom stereocenters. The van der Waals surface area contributed by atoms with Gasteiger partial charge in [0, 0.05) is 36.2 Å². The molecule has 26 heavy (non-hydrogen) atoms. The molecule has 4 rings (SSSR count). The average Bonchev–Trinajstić information content (AvgIpc) is 3.27. The quantitative estimate of drug-likeness (QED) is 0.887. The van der Waals surface area contributed by atoms with Gasteiger partial charge in [0.05, 0.1) is 12.5 Å². The second-order valence-electron chi connectivity index (χ2n) is 7.53. The highest BCUT2D eigenvalue weighted by molar-refractivity contribution is 7.18. The lowest BCUT2D eigenvalue weighted by atomic mass is 9.94. The van der Waals surface area contributed by atoms with Crippen LogP contribution in [0.15, 0.2) is 12.3 Å². The van der Waals surface area contributed by atoms with E-state index in [1.807, 2.05) is 13.0 Å². The van der Waals surface area contributed by atoms with Crippen molar-refractivity contribution in [3.8, 4) is 5.75 Å². The summed E-state index contributed by atoms with van der Waals surface area (Å²) in [6.45, 7) is 4.10. The molecular weight excluding hydrogens is 346 g/mol. The molecule has 5 nitrogen and oxygen atoms in total. The lowest BCUT2D eigenvalue weighted by Crippen LogP contribution is -2.40. The molecule has 2 aromatic rings. The molecule has 0 radical (unpaired) electrons. The highest BCUT2D eigenvalue weighted by atomic mass is 32.1. The minimum atomic E-state index is -0.0735. The van der Waals surface area contributed by atoms with Crippen LogP contribution in [0.25, 0.3) is 10.2 Å². The minimum Gasteiger partial charge on any atom is -0.495 e. The number of hydrogen-bond acceptors (Lipinski definition) is 5. The molecule has 1 amide bonds. The summed E-state index contributed by atoms with van der Waals surface area (Å²) in [5.74, 6) is 0.564. The summed E-state index contributed by atoms with van der Waals surface area (Å²) in [6, 6.07) is 2.98. The highest BCUT2D eigenvalue weighted by Crippen LogP contribution is 2.33. The predicted octanol–water partition coefficient (Wildman–Crippen LogP) is 3.75. The maximum atomic E-state index is 12.9. The normalized spacial score (nSPS) is 22.0. The zero-order chi connectivity index (χ0) is 18.1. The Kier molecular flexibility index (Phi) is 5.14. The molecule has 0 aromatic carbocycles. The number of ether oxygens (including phenoxy) is 1. The zero-order valence-corrected chi connectivity index (χ0v) is 16.4. The molecule has 2 aliphatic rings. The SMILES string of the molecule is COc1c(C(=O)NC2CCN(C3CCCCC3)C2)cnc2sc(C)cc12. The first-order valence-electron chi connectivity index (χ1n) is 9.63. The van der Waals surface area contributed by atoms with Gasteiger partial charge in [0.25, 0.3) is 5.91 Å². The van der Waals surface area contributed by atoms with Crippen LogP contribution < -0.4 is 10.1 Å². The number of methoxy groups -OCH3 is 1. The second-order valence-corrected chi connectivity index (χ2v) is 8.76. The van der Waals surface area contributed by atoms with E-state index in [0.29, 0.717) is 17.4 Å². The van der Waals surface area contributed by atoms with Crippen LogP contribution in [0.3, 0.4) is 0 Å². The third kappa shape index (κ3) is 3.45. The van der Waals surface area contributed by atoms with Crippen molar-refractivity contribution in [2.24, 2.45) is 0 Å². The Balaban J connectivity index is 1.46. The van der Waals surface area contributed by atoms with Crippen LogP contribution in [0.5, 0.6) is 5.75 Å². The number of aromatic nitrogens is 1. The molecule has 1 aliphatic heterocycles. The van der Waals surface area contributed by atoms with Gasteiger partial charge >= 0.3 is 0 Å². The van der Waals surface area contributed by atoms with Gasteiger partial charge < -0.3 is 10.1 Å². The van der Waals surface area contributed by atoms with Gasteiger partial charge in [-0.3, -0.25) is 9.69 Å². The van der Waals surface area contributed by atoms with E-state index in [4.69, 9.17) is 4.74 Å². The lowest BCUT2D eigenvalue weighted by molar-refractivity contribution is 0.0931. The molecule has 3 heterocycles. The van der Waals surface area contributed by atoms with Gasteiger partial charge in [-0.2, -0.15) is 0 Å². The summed E-state index contributed by atoms with van der Waals surface area (Å²) in [6.07, 6.45) is 9.38. The van der Waals surface area contributed by atoms with Gasteiger partial charge in [-0.05, 0) is 32.3 Å². The summed E-state index contributed by atoms with van der Waals surface area (Å²) >= 11 is 1.62. The fourth-order valence-electron chi connectivity index (χ4n) is 4.42. The molecule has 0 spiro atoms. The van der Waals surface area contributed by atoms with Crippen molar-refractivity contribution < 1.29 is 9.53 Å². The largest absolute Gasteiger partial charge is 0.495 e. The topological polar surface area (TPSA) is 54.5 Å². The number of nitrogens with zero attached hydrogens (tertiary/aromatic N) is 2. The van der Waals surface area contributed by atoms with Gasteiger partial charge in [-0.15, -0.1) is 11.3 Å². The zero-order valence-electron chi connectivity index (χ0n) is 15.6. The van der Waals surface area contributed by atoms with Crippen LogP contribution in [-0.2, 0) is 0 Å².